The van der Waals surface area contributed by atoms with E-state index in [0.717, 1.165) is 15.7 Å². The van der Waals surface area contributed by atoms with E-state index >= 15 is 0 Å². The van der Waals surface area contributed by atoms with E-state index in [1.165, 1.54) is 5.56 Å². The van der Waals surface area contributed by atoms with E-state index in [2.05, 4.69) is 47.0 Å². The second kappa shape index (κ2) is 8.02. The molecule has 2 aromatic rings. The van der Waals surface area contributed by atoms with Gasteiger partial charge in [0.05, 0.1) is 12.1 Å². The minimum Gasteiger partial charge on any atom is -0.492 e. The Balaban J connectivity index is 1.76. The number of carbonyl (C=O) groups is 1. The van der Waals surface area contributed by atoms with E-state index in [4.69, 9.17) is 4.74 Å². The first-order valence-corrected chi connectivity index (χ1v) is 8.03. The molecule has 0 bridgehead atoms. The highest BCUT2D eigenvalue weighted by molar-refractivity contribution is 14.1. The van der Waals surface area contributed by atoms with E-state index in [1.54, 1.807) is 0 Å². The molecule has 2 aromatic carbocycles. The molecule has 0 aromatic heterocycles. The summed E-state index contributed by atoms with van der Waals surface area (Å²) in [6.07, 6.45) is 1.02. The number of halogens is 1. The van der Waals surface area contributed by atoms with Crippen LogP contribution < -0.4 is 10.1 Å². The summed E-state index contributed by atoms with van der Waals surface area (Å²) in [7, 11) is 0. The number of benzene rings is 2. The zero-order valence-electron chi connectivity index (χ0n) is 11.9. The molecule has 0 saturated heterocycles. The van der Waals surface area contributed by atoms with Gasteiger partial charge in [0.1, 0.15) is 12.4 Å². The summed E-state index contributed by atoms with van der Waals surface area (Å²) in [6, 6.07) is 15.6. The fourth-order valence-electron chi connectivity index (χ4n) is 1.90. The standard InChI is InChI=1S/C17H18INO2/c1-2-13-7-9-14(10-8-13)21-12-11-19-17(20)15-5-3-4-6-16(15)18/h3-10H,2,11-12H2,1H3,(H,19,20). The summed E-state index contributed by atoms with van der Waals surface area (Å²) in [6.45, 7) is 3.07. The highest BCUT2D eigenvalue weighted by Gasteiger charge is 2.07. The molecule has 0 radical (unpaired) electrons. The summed E-state index contributed by atoms with van der Waals surface area (Å²) in [5.41, 5.74) is 1.99. The van der Waals surface area contributed by atoms with Gasteiger partial charge < -0.3 is 10.1 Å². The Bertz CT molecular complexity index is 596. The van der Waals surface area contributed by atoms with Gasteiger partial charge in [-0.05, 0) is 58.8 Å². The molecular weight excluding hydrogens is 377 g/mol. The average molecular weight is 395 g/mol. The number of carbonyl (C=O) groups excluding carboxylic acids is 1. The third-order valence-corrected chi connectivity index (χ3v) is 4.05. The highest BCUT2D eigenvalue weighted by Crippen LogP contribution is 2.12. The van der Waals surface area contributed by atoms with E-state index in [-0.39, 0.29) is 5.91 Å². The lowest BCUT2D eigenvalue weighted by molar-refractivity contribution is 0.0946. The molecule has 1 amide bonds. The fraction of sp³-hybridized carbons (Fsp3) is 0.235. The van der Waals surface area contributed by atoms with Crippen LogP contribution in [0.25, 0.3) is 0 Å². The molecule has 4 heteroatoms. The molecule has 0 aliphatic heterocycles. The average Bonchev–Trinajstić information content (AvgIpc) is 2.52. The summed E-state index contributed by atoms with van der Waals surface area (Å²) in [5.74, 6) is 0.765. The van der Waals surface area contributed by atoms with Crippen molar-refractivity contribution in [3.63, 3.8) is 0 Å². The van der Waals surface area contributed by atoms with Gasteiger partial charge in [-0.2, -0.15) is 0 Å². The number of ether oxygens (including phenoxy) is 1. The maximum atomic E-state index is 12.0. The molecule has 0 spiro atoms. The third kappa shape index (κ3) is 4.74. The van der Waals surface area contributed by atoms with Crippen LogP contribution in [0, 0.1) is 3.57 Å². The topological polar surface area (TPSA) is 38.3 Å². The molecule has 0 saturated carbocycles. The van der Waals surface area contributed by atoms with Crippen molar-refractivity contribution < 1.29 is 9.53 Å². The summed E-state index contributed by atoms with van der Waals surface area (Å²) in [4.78, 5) is 12.0. The normalized spacial score (nSPS) is 10.2. The zero-order valence-corrected chi connectivity index (χ0v) is 14.1. The van der Waals surface area contributed by atoms with Crippen LogP contribution in [-0.4, -0.2) is 19.1 Å². The van der Waals surface area contributed by atoms with Crippen molar-refractivity contribution in [3.8, 4) is 5.75 Å². The summed E-state index contributed by atoms with van der Waals surface area (Å²) >= 11 is 2.16. The molecule has 0 aliphatic rings. The van der Waals surface area contributed by atoms with Gasteiger partial charge in [-0.15, -0.1) is 0 Å². The Morgan fingerprint density at radius 1 is 1.14 bits per heavy atom. The molecule has 1 N–H and O–H groups in total. The number of hydrogen-bond acceptors (Lipinski definition) is 2. The van der Waals surface area contributed by atoms with Gasteiger partial charge in [-0.3, -0.25) is 4.79 Å². The lowest BCUT2D eigenvalue weighted by atomic mass is 10.2. The van der Waals surface area contributed by atoms with Crippen LogP contribution in [-0.2, 0) is 6.42 Å². The smallest absolute Gasteiger partial charge is 0.252 e. The molecule has 3 nitrogen and oxygen atoms in total. The number of amides is 1. The Hall–Kier alpha value is -1.56. The maximum Gasteiger partial charge on any atom is 0.252 e. The first-order chi connectivity index (χ1) is 10.2. The van der Waals surface area contributed by atoms with Crippen molar-refractivity contribution in [1.29, 1.82) is 0 Å². The van der Waals surface area contributed by atoms with Crippen molar-refractivity contribution in [1.82, 2.24) is 5.32 Å². The molecule has 0 fully saturated rings. The van der Waals surface area contributed by atoms with Gasteiger partial charge in [0, 0.05) is 3.57 Å². The molecule has 0 aliphatic carbocycles. The van der Waals surface area contributed by atoms with E-state index < -0.39 is 0 Å². The summed E-state index contributed by atoms with van der Waals surface area (Å²) in [5, 5.41) is 2.86. The minimum absolute atomic E-state index is 0.0649. The Morgan fingerprint density at radius 3 is 2.52 bits per heavy atom. The minimum atomic E-state index is -0.0649. The number of rotatable bonds is 6. The van der Waals surface area contributed by atoms with Crippen molar-refractivity contribution >= 4 is 28.5 Å². The van der Waals surface area contributed by atoms with Crippen LogP contribution in [0.5, 0.6) is 5.75 Å². The largest absolute Gasteiger partial charge is 0.492 e. The number of nitrogens with one attached hydrogen (secondary N) is 1. The van der Waals surface area contributed by atoms with Crippen LogP contribution in [0.1, 0.15) is 22.8 Å². The van der Waals surface area contributed by atoms with Gasteiger partial charge in [-0.25, -0.2) is 0 Å². The van der Waals surface area contributed by atoms with Crippen LogP contribution >= 0.6 is 22.6 Å². The quantitative estimate of drug-likeness (QED) is 0.599. The Morgan fingerprint density at radius 2 is 1.86 bits per heavy atom. The highest BCUT2D eigenvalue weighted by atomic mass is 127. The van der Waals surface area contributed by atoms with Gasteiger partial charge >= 0.3 is 0 Å². The van der Waals surface area contributed by atoms with E-state index in [9.17, 15) is 4.79 Å². The third-order valence-electron chi connectivity index (χ3n) is 3.11. The molecular formula is C17H18INO2. The predicted molar refractivity (Wildman–Crippen MR) is 92.8 cm³/mol. The van der Waals surface area contributed by atoms with Gasteiger partial charge in [0.2, 0.25) is 0 Å². The van der Waals surface area contributed by atoms with Crippen molar-refractivity contribution in [2.75, 3.05) is 13.2 Å². The first kappa shape index (κ1) is 15.8. The number of aryl methyl sites for hydroxylation is 1. The van der Waals surface area contributed by atoms with Crippen molar-refractivity contribution in [2.24, 2.45) is 0 Å². The maximum absolute atomic E-state index is 12.0. The Kier molecular flexibility index (Phi) is 6.04. The Labute approximate surface area is 138 Å². The van der Waals surface area contributed by atoms with Gasteiger partial charge in [0.15, 0.2) is 0 Å². The monoisotopic (exact) mass is 395 g/mol. The molecule has 21 heavy (non-hydrogen) atoms. The number of hydrogen-bond donors (Lipinski definition) is 1. The first-order valence-electron chi connectivity index (χ1n) is 6.95. The van der Waals surface area contributed by atoms with Crippen LogP contribution in [0.2, 0.25) is 0 Å². The van der Waals surface area contributed by atoms with Gasteiger partial charge in [-0.1, -0.05) is 31.2 Å². The van der Waals surface area contributed by atoms with Crippen molar-refractivity contribution in [3.05, 3.63) is 63.2 Å². The lowest BCUT2D eigenvalue weighted by Crippen LogP contribution is -2.28. The lowest BCUT2D eigenvalue weighted by Gasteiger charge is -2.09. The van der Waals surface area contributed by atoms with Gasteiger partial charge in [0.25, 0.3) is 5.91 Å². The van der Waals surface area contributed by atoms with E-state index in [0.29, 0.717) is 18.7 Å². The van der Waals surface area contributed by atoms with Crippen LogP contribution in [0.4, 0.5) is 0 Å². The second-order valence-corrected chi connectivity index (χ2v) is 5.74. The molecule has 0 heterocycles. The van der Waals surface area contributed by atoms with Crippen LogP contribution in [0.15, 0.2) is 48.5 Å². The molecule has 0 unspecified atom stereocenters. The van der Waals surface area contributed by atoms with E-state index in [1.807, 2.05) is 36.4 Å². The van der Waals surface area contributed by atoms with Crippen molar-refractivity contribution in [2.45, 2.75) is 13.3 Å². The molecule has 110 valence electrons. The molecule has 0 atom stereocenters. The second-order valence-electron chi connectivity index (χ2n) is 4.58. The fourth-order valence-corrected chi connectivity index (χ4v) is 2.53. The summed E-state index contributed by atoms with van der Waals surface area (Å²) < 4.78 is 6.55. The predicted octanol–water partition coefficient (Wildman–Crippen LogP) is 3.66. The SMILES string of the molecule is CCc1ccc(OCCNC(=O)c2ccccc2I)cc1. The molecule has 2 rings (SSSR count). The van der Waals surface area contributed by atoms with Crippen LogP contribution in [0.3, 0.4) is 0 Å². The zero-order chi connectivity index (χ0) is 15.1.